The molecule has 1 unspecified atom stereocenters. The van der Waals surface area contributed by atoms with Crippen LogP contribution in [0.3, 0.4) is 0 Å². The Kier molecular flexibility index (Phi) is 8.31. The van der Waals surface area contributed by atoms with Crippen molar-refractivity contribution in [1.82, 2.24) is 20.0 Å². The summed E-state index contributed by atoms with van der Waals surface area (Å²) < 4.78 is 24.4. The predicted octanol–water partition coefficient (Wildman–Crippen LogP) is 3.26. The van der Waals surface area contributed by atoms with Crippen LogP contribution in [0.1, 0.15) is 23.2 Å². The molecule has 1 atom stereocenters. The summed E-state index contributed by atoms with van der Waals surface area (Å²) >= 11 is 0. The van der Waals surface area contributed by atoms with Crippen LogP contribution in [0.2, 0.25) is 0 Å². The number of hydrogen-bond donors (Lipinski definition) is 0. The first kappa shape index (κ1) is 26.6. The largest absolute Gasteiger partial charge is 0.497 e. The number of rotatable bonds is 8. The normalized spacial score (nSPS) is 17.2. The maximum absolute atomic E-state index is 13.4. The average Bonchev–Trinajstić information content (AvgIpc) is 3.50. The van der Waals surface area contributed by atoms with Crippen LogP contribution in [0.5, 0.6) is 5.75 Å². The first-order valence-electron chi connectivity index (χ1n) is 13.2. The monoisotopic (exact) mass is 533 g/mol. The molecule has 2 aromatic carbocycles. The Hall–Kier alpha value is -4.05. The number of aromatic nitrogens is 2. The highest BCUT2D eigenvalue weighted by atomic mass is 19.1. The van der Waals surface area contributed by atoms with Gasteiger partial charge in [-0.25, -0.2) is 4.39 Å². The van der Waals surface area contributed by atoms with E-state index < -0.39 is 5.82 Å². The van der Waals surface area contributed by atoms with Gasteiger partial charge in [-0.15, -0.1) is 10.2 Å². The van der Waals surface area contributed by atoms with E-state index in [0.29, 0.717) is 44.9 Å². The molecule has 0 saturated carbocycles. The number of carbonyl (C=O) groups is 2. The summed E-state index contributed by atoms with van der Waals surface area (Å²) in [6.07, 6.45) is 1.68. The number of hydrogen-bond acceptors (Lipinski definition) is 7. The minimum absolute atomic E-state index is 0.0505. The SMILES string of the molecule is COc1cccc(-c2ccc(N3CCN(C(=O)CN(CC4CCCO4)C(=O)c4ccc(F)cc4)CC3)nn2)c1. The van der Waals surface area contributed by atoms with E-state index in [9.17, 15) is 14.0 Å². The number of ether oxygens (including phenoxy) is 2. The lowest BCUT2D eigenvalue weighted by Crippen LogP contribution is -2.52. The van der Waals surface area contributed by atoms with Gasteiger partial charge in [-0.1, -0.05) is 12.1 Å². The molecule has 0 spiro atoms. The van der Waals surface area contributed by atoms with Crippen LogP contribution in [0, 0.1) is 5.82 Å². The lowest BCUT2D eigenvalue weighted by Gasteiger charge is -2.36. The summed E-state index contributed by atoms with van der Waals surface area (Å²) in [6, 6.07) is 16.9. The molecular formula is C29H32FN5O4. The van der Waals surface area contributed by atoms with Gasteiger partial charge >= 0.3 is 0 Å². The number of halogens is 1. The third-order valence-electron chi connectivity index (χ3n) is 7.12. The van der Waals surface area contributed by atoms with E-state index in [2.05, 4.69) is 15.1 Å². The number of anilines is 1. The smallest absolute Gasteiger partial charge is 0.254 e. The van der Waals surface area contributed by atoms with Gasteiger partial charge in [-0.2, -0.15) is 0 Å². The number of carbonyl (C=O) groups excluding carboxylic acids is 2. The van der Waals surface area contributed by atoms with Crippen LogP contribution in [0.15, 0.2) is 60.7 Å². The van der Waals surface area contributed by atoms with Crippen molar-refractivity contribution in [3.05, 3.63) is 72.0 Å². The van der Waals surface area contributed by atoms with Crippen molar-refractivity contribution in [2.45, 2.75) is 18.9 Å². The molecule has 204 valence electrons. The fraction of sp³-hybridized carbons (Fsp3) is 0.379. The molecule has 2 fully saturated rings. The van der Waals surface area contributed by atoms with E-state index in [-0.39, 0.29) is 24.5 Å². The third-order valence-corrected chi connectivity index (χ3v) is 7.12. The Morgan fingerprint density at radius 2 is 1.85 bits per heavy atom. The maximum Gasteiger partial charge on any atom is 0.254 e. The minimum atomic E-state index is -0.411. The summed E-state index contributed by atoms with van der Waals surface area (Å²) in [6.45, 7) is 3.17. The molecule has 9 nitrogen and oxygen atoms in total. The zero-order valence-corrected chi connectivity index (χ0v) is 22.0. The molecule has 2 aliphatic rings. The Balaban J connectivity index is 1.19. The van der Waals surface area contributed by atoms with Crippen LogP contribution in [0.25, 0.3) is 11.3 Å². The second-order valence-corrected chi connectivity index (χ2v) is 9.70. The summed E-state index contributed by atoms with van der Waals surface area (Å²) in [4.78, 5) is 31.9. The maximum atomic E-state index is 13.4. The molecule has 2 saturated heterocycles. The molecule has 0 N–H and O–H groups in total. The molecular weight excluding hydrogens is 501 g/mol. The van der Waals surface area contributed by atoms with E-state index in [1.54, 1.807) is 12.0 Å². The van der Waals surface area contributed by atoms with Gasteiger partial charge < -0.3 is 24.2 Å². The van der Waals surface area contributed by atoms with Crippen LogP contribution in [-0.2, 0) is 9.53 Å². The predicted molar refractivity (Wildman–Crippen MR) is 144 cm³/mol. The summed E-state index contributed by atoms with van der Waals surface area (Å²) in [5, 5.41) is 8.80. The highest BCUT2D eigenvalue weighted by Crippen LogP contribution is 2.23. The molecule has 2 amide bonds. The molecule has 1 aromatic heterocycles. The molecule has 3 heterocycles. The Morgan fingerprint density at radius 3 is 2.51 bits per heavy atom. The zero-order chi connectivity index (χ0) is 27.2. The van der Waals surface area contributed by atoms with Gasteiger partial charge in [0.2, 0.25) is 5.91 Å². The molecule has 3 aromatic rings. The van der Waals surface area contributed by atoms with E-state index in [0.717, 1.165) is 35.7 Å². The van der Waals surface area contributed by atoms with Crippen molar-refractivity contribution in [2.75, 3.05) is 57.9 Å². The molecule has 10 heteroatoms. The topological polar surface area (TPSA) is 88.1 Å². The van der Waals surface area contributed by atoms with E-state index in [1.807, 2.05) is 36.4 Å². The number of nitrogens with zero attached hydrogens (tertiary/aromatic N) is 5. The van der Waals surface area contributed by atoms with Gasteiger partial charge in [0.15, 0.2) is 5.82 Å². The van der Waals surface area contributed by atoms with Crippen molar-refractivity contribution < 1.29 is 23.5 Å². The second-order valence-electron chi connectivity index (χ2n) is 9.70. The van der Waals surface area contributed by atoms with Crippen molar-refractivity contribution in [1.29, 1.82) is 0 Å². The highest BCUT2D eigenvalue weighted by Gasteiger charge is 2.29. The van der Waals surface area contributed by atoms with Crippen molar-refractivity contribution in [2.24, 2.45) is 0 Å². The highest BCUT2D eigenvalue weighted by molar-refractivity contribution is 5.96. The van der Waals surface area contributed by atoms with Crippen molar-refractivity contribution in [3.8, 4) is 17.0 Å². The summed E-state index contributed by atoms with van der Waals surface area (Å²) in [5.74, 6) is 0.672. The Bertz CT molecular complexity index is 1270. The Labute approximate surface area is 227 Å². The third kappa shape index (κ3) is 6.51. The lowest BCUT2D eigenvalue weighted by molar-refractivity contribution is -0.132. The molecule has 39 heavy (non-hydrogen) atoms. The zero-order valence-electron chi connectivity index (χ0n) is 22.0. The number of piperazine rings is 1. The summed E-state index contributed by atoms with van der Waals surface area (Å²) in [7, 11) is 1.63. The van der Waals surface area contributed by atoms with Crippen LogP contribution >= 0.6 is 0 Å². The van der Waals surface area contributed by atoms with Gasteiger partial charge in [0.1, 0.15) is 18.1 Å². The standard InChI is InChI=1S/C29H32FN5O4/c1-38-24-5-2-4-22(18-24)26-11-12-27(32-31-26)33-13-15-34(16-14-33)28(36)20-35(19-25-6-3-17-39-25)29(37)21-7-9-23(30)10-8-21/h2,4-5,7-12,18,25H,3,6,13-17,19-20H2,1H3. The number of methoxy groups -OCH3 is 1. The first-order chi connectivity index (χ1) is 19.0. The molecule has 0 bridgehead atoms. The van der Waals surface area contributed by atoms with Gasteiger partial charge in [-0.3, -0.25) is 9.59 Å². The summed E-state index contributed by atoms with van der Waals surface area (Å²) in [5.41, 5.74) is 2.03. The van der Waals surface area contributed by atoms with Gasteiger partial charge in [0.05, 0.1) is 18.9 Å². The van der Waals surface area contributed by atoms with Crippen LogP contribution < -0.4 is 9.64 Å². The van der Waals surface area contributed by atoms with E-state index >= 15 is 0 Å². The Morgan fingerprint density at radius 1 is 1.05 bits per heavy atom. The first-order valence-corrected chi connectivity index (χ1v) is 13.2. The average molecular weight is 534 g/mol. The fourth-order valence-corrected chi connectivity index (χ4v) is 4.91. The molecule has 5 rings (SSSR count). The number of amides is 2. The quantitative estimate of drug-likeness (QED) is 0.439. The van der Waals surface area contributed by atoms with E-state index in [4.69, 9.17) is 9.47 Å². The molecule has 0 aliphatic carbocycles. The number of benzene rings is 2. The van der Waals surface area contributed by atoms with Crippen LogP contribution in [0.4, 0.5) is 10.2 Å². The van der Waals surface area contributed by atoms with Crippen molar-refractivity contribution >= 4 is 17.6 Å². The van der Waals surface area contributed by atoms with E-state index in [1.165, 1.54) is 29.2 Å². The second kappa shape index (κ2) is 12.2. The molecule has 0 radical (unpaired) electrons. The van der Waals surface area contributed by atoms with Gasteiger partial charge in [-0.05, 0) is 61.4 Å². The van der Waals surface area contributed by atoms with Gasteiger partial charge in [0.25, 0.3) is 5.91 Å². The van der Waals surface area contributed by atoms with Crippen molar-refractivity contribution in [3.63, 3.8) is 0 Å². The van der Waals surface area contributed by atoms with Crippen LogP contribution in [-0.4, -0.2) is 90.9 Å². The fourth-order valence-electron chi connectivity index (χ4n) is 4.91. The molecule has 2 aliphatic heterocycles. The van der Waals surface area contributed by atoms with Gasteiger partial charge in [0, 0.05) is 50.5 Å². The minimum Gasteiger partial charge on any atom is -0.497 e. The lowest BCUT2D eigenvalue weighted by atomic mass is 10.1.